The summed E-state index contributed by atoms with van der Waals surface area (Å²) in [5.41, 5.74) is -3.08. The van der Waals surface area contributed by atoms with Crippen molar-refractivity contribution in [1.82, 2.24) is 0 Å². The summed E-state index contributed by atoms with van der Waals surface area (Å²) >= 11 is 5.77. The average Bonchev–Trinajstić information content (AvgIpc) is 3.00. The number of hydrogen-bond acceptors (Lipinski definition) is 8. The Bertz CT molecular complexity index is 1730. The molecule has 0 atom stereocenters. The Kier molecular flexibility index (Phi) is 13.2. The number of halogens is 9. The van der Waals surface area contributed by atoms with Gasteiger partial charge in [0.2, 0.25) is 0 Å². The number of aliphatic hydroxyl groups is 1. The van der Waals surface area contributed by atoms with Gasteiger partial charge in [-0.15, -0.1) is 0 Å². The smallest absolute Gasteiger partial charge is 0.343 e. The number of carbonyl (C=O) groups excluding carboxylic acids is 3. The number of carbonyl (C=O) groups is 3. The predicted octanol–water partition coefficient (Wildman–Crippen LogP) is 7.22. The SMILES string of the molecule is CCOC(=O)C(C=Nc1cc(Cl)ccc1O)=C(O)c1cc(F)c(F)c(F)c1F.CCOC(=O)CC(=O)c1cc(F)c(F)c(F)c1F. The predicted molar refractivity (Wildman–Crippen MR) is 146 cm³/mol. The second kappa shape index (κ2) is 16.4. The van der Waals surface area contributed by atoms with Crippen molar-refractivity contribution in [2.75, 3.05) is 13.2 Å². The van der Waals surface area contributed by atoms with Gasteiger partial charge in [-0.3, -0.25) is 14.6 Å². The van der Waals surface area contributed by atoms with E-state index >= 15 is 0 Å². The van der Waals surface area contributed by atoms with E-state index in [9.17, 15) is 59.7 Å². The molecule has 46 heavy (non-hydrogen) atoms. The van der Waals surface area contributed by atoms with Crippen LogP contribution in [-0.4, -0.2) is 47.4 Å². The third kappa shape index (κ3) is 9.03. The Balaban J connectivity index is 0.000000353. The first kappa shape index (κ1) is 37.2. The Labute approximate surface area is 259 Å². The van der Waals surface area contributed by atoms with Gasteiger partial charge >= 0.3 is 11.9 Å². The molecule has 17 heteroatoms. The summed E-state index contributed by atoms with van der Waals surface area (Å²) < 4.78 is 115. The number of phenolic OH excluding ortho intramolecular Hbond substituents is 1. The molecule has 0 aliphatic carbocycles. The zero-order chi connectivity index (χ0) is 34.9. The van der Waals surface area contributed by atoms with Crippen molar-refractivity contribution >= 4 is 47.0 Å². The molecule has 0 aliphatic heterocycles. The van der Waals surface area contributed by atoms with Crippen LogP contribution in [0.2, 0.25) is 5.02 Å². The average molecular weight is 682 g/mol. The first-order valence-electron chi connectivity index (χ1n) is 12.5. The third-order valence-corrected chi connectivity index (χ3v) is 5.63. The zero-order valence-electron chi connectivity index (χ0n) is 23.4. The molecule has 3 rings (SSSR count). The summed E-state index contributed by atoms with van der Waals surface area (Å²) in [6.07, 6.45) is -0.202. The van der Waals surface area contributed by atoms with Gasteiger partial charge in [0.15, 0.2) is 52.3 Å². The molecule has 0 spiro atoms. The lowest BCUT2D eigenvalue weighted by atomic mass is 10.1. The van der Waals surface area contributed by atoms with E-state index in [0.717, 1.165) is 0 Å². The molecule has 0 heterocycles. The van der Waals surface area contributed by atoms with Crippen molar-refractivity contribution in [3.05, 3.63) is 98.6 Å². The third-order valence-electron chi connectivity index (χ3n) is 5.39. The highest BCUT2D eigenvalue weighted by Gasteiger charge is 2.26. The Morgan fingerprint density at radius 1 is 0.783 bits per heavy atom. The number of aliphatic imine (C=N–C) groups is 1. The van der Waals surface area contributed by atoms with E-state index in [1.54, 1.807) is 0 Å². The minimum Gasteiger partial charge on any atom is -0.506 e. The van der Waals surface area contributed by atoms with E-state index in [1.165, 1.54) is 32.0 Å². The second-order valence-electron chi connectivity index (χ2n) is 8.47. The molecule has 0 saturated heterocycles. The number of rotatable bonds is 9. The molecule has 8 nitrogen and oxygen atoms in total. The summed E-state index contributed by atoms with van der Waals surface area (Å²) in [6, 6.07) is 4.15. The molecular weight excluding hydrogens is 662 g/mol. The van der Waals surface area contributed by atoms with Crippen molar-refractivity contribution in [1.29, 1.82) is 0 Å². The van der Waals surface area contributed by atoms with Crippen LogP contribution in [0.5, 0.6) is 5.75 Å². The molecular formula is C29H20ClF8NO7. The molecule has 246 valence electrons. The fourth-order valence-electron chi connectivity index (χ4n) is 3.26. The van der Waals surface area contributed by atoms with Gasteiger partial charge in [-0.2, -0.15) is 0 Å². The largest absolute Gasteiger partial charge is 0.506 e. The van der Waals surface area contributed by atoms with E-state index in [4.69, 9.17) is 16.3 Å². The monoisotopic (exact) mass is 681 g/mol. The van der Waals surface area contributed by atoms with Gasteiger partial charge < -0.3 is 19.7 Å². The molecule has 0 saturated carbocycles. The first-order chi connectivity index (χ1) is 21.5. The molecule has 0 aromatic heterocycles. The summed E-state index contributed by atoms with van der Waals surface area (Å²) in [5.74, 6) is -20.6. The number of ether oxygens (including phenoxy) is 2. The lowest BCUT2D eigenvalue weighted by Crippen LogP contribution is -2.14. The summed E-state index contributed by atoms with van der Waals surface area (Å²) in [6.45, 7) is 2.77. The highest BCUT2D eigenvalue weighted by atomic mass is 35.5. The minimum atomic E-state index is -2.17. The van der Waals surface area contributed by atoms with Crippen LogP contribution in [0.25, 0.3) is 5.76 Å². The normalized spacial score (nSPS) is 11.5. The number of benzene rings is 3. The van der Waals surface area contributed by atoms with Gasteiger partial charge in [-0.1, -0.05) is 11.6 Å². The molecule has 0 bridgehead atoms. The fourth-order valence-corrected chi connectivity index (χ4v) is 3.42. The van der Waals surface area contributed by atoms with Crippen LogP contribution in [0.3, 0.4) is 0 Å². The molecule has 0 amide bonds. The van der Waals surface area contributed by atoms with Gasteiger partial charge in [-0.05, 0) is 44.2 Å². The fraction of sp³-hybridized carbons (Fsp3) is 0.172. The number of phenols is 1. The van der Waals surface area contributed by atoms with E-state index in [1.807, 2.05) is 0 Å². The summed E-state index contributed by atoms with van der Waals surface area (Å²) in [5, 5.41) is 20.1. The maximum absolute atomic E-state index is 14.0. The van der Waals surface area contributed by atoms with Gasteiger partial charge in [0.05, 0.1) is 24.3 Å². The van der Waals surface area contributed by atoms with Gasteiger partial charge in [0.25, 0.3) is 0 Å². The quantitative estimate of drug-likeness (QED) is 0.0282. The van der Waals surface area contributed by atoms with Gasteiger partial charge in [0, 0.05) is 11.2 Å². The van der Waals surface area contributed by atoms with Crippen LogP contribution in [0.15, 0.2) is 40.9 Å². The zero-order valence-corrected chi connectivity index (χ0v) is 24.1. The maximum Gasteiger partial charge on any atom is 0.343 e. The molecule has 0 unspecified atom stereocenters. The van der Waals surface area contributed by atoms with Crippen molar-refractivity contribution in [3.63, 3.8) is 0 Å². The molecule has 0 fully saturated rings. The van der Waals surface area contributed by atoms with Gasteiger partial charge in [-0.25, -0.2) is 39.9 Å². The number of esters is 2. The molecule has 3 aromatic carbocycles. The number of aromatic hydroxyl groups is 1. The van der Waals surface area contributed by atoms with E-state index < -0.39 is 93.1 Å². The minimum absolute atomic E-state index is 0.000730. The number of hydrogen-bond donors (Lipinski definition) is 2. The van der Waals surface area contributed by atoms with Crippen LogP contribution in [0.4, 0.5) is 40.8 Å². The summed E-state index contributed by atoms with van der Waals surface area (Å²) in [7, 11) is 0. The maximum atomic E-state index is 14.0. The van der Waals surface area contributed by atoms with Gasteiger partial charge in [0.1, 0.15) is 29.2 Å². The highest BCUT2D eigenvalue weighted by molar-refractivity contribution is 6.31. The molecule has 2 N–H and O–H groups in total. The number of ketones is 1. The van der Waals surface area contributed by atoms with Crippen molar-refractivity contribution in [2.45, 2.75) is 20.3 Å². The summed E-state index contributed by atoms with van der Waals surface area (Å²) in [4.78, 5) is 38.1. The number of nitrogens with zero attached hydrogens (tertiary/aromatic N) is 1. The molecule has 0 radical (unpaired) electrons. The standard InChI is InChI=1S/C18H12ClF4NO4.C11H8F4O3/c1-2-28-18(27)10(7-24-12-5-8(19)3-4-13(12)25)17(26)9-6-11(20)15(22)16(23)14(9)21;1-2-18-8(17)4-7(16)5-3-6(12)10(14)11(15)9(5)13/h3-7,25-26H,2H2,1H3;3H,2,4H2,1H3. The van der Waals surface area contributed by atoms with Crippen molar-refractivity contribution in [2.24, 2.45) is 4.99 Å². The Hall–Kier alpha value is -4.99. The topological polar surface area (TPSA) is 122 Å². The van der Waals surface area contributed by atoms with Crippen LogP contribution < -0.4 is 0 Å². The second-order valence-corrected chi connectivity index (χ2v) is 8.91. The van der Waals surface area contributed by atoms with Crippen molar-refractivity contribution in [3.8, 4) is 5.75 Å². The van der Waals surface area contributed by atoms with E-state index in [2.05, 4.69) is 9.73 Å². The Morgan fingerprint density at radius 2 is 1.30 bits per heavy atom. The molecule has 3 aromatic rings. The molecule has 0 aliphatic rings. The van der Waals surface area contributed by atoms with E-state index in [-0.39, 0.29) is 41.8 Å². The Morgan fingerprint density at radius 3 is 1.85 bits per heavy atom. The lowest BCUT2D eigenvalue weighted by molar-refractivity contribution is -0.142. The van der Waals surface area contributed by atoms with Crippen LogP contribution in [0, 0.1) is 46.5 Å². The number of aliphatic hydroxyl groups excluding tert-OH is 1. The van der Waals surface area contributed by atoms with Crippen LogP contribution in [-0.2, 0) is 19.1 Å². The van der Waals surface area contributed by atoms with E-state index in [0.29, 0.717) is 6.21 Å². The van der Waals surface area contributed by atoms with Crippen LogP contribution in [0.1, 0.15) is 36.2 Å². The lowest BCUT2D eigenvalue weighted by Gasteiger charge is -2.09. The first-order valence-corrected chi connectivity index (χ1v) is 12.9. The highest BCUT2D eigenvalue weighted by Crippen LogP contribution is 2.30. The number of Topliss-reactive ketones (excluding diaryl/α,β-unsaturated/α-hetero) is 1. The van der Waals surface area contributed by atoms with Crippen molar-refractivity contribution < 1.29 is 69.2 Å². The van der Waals surface area contributed by atoms with Crippen LogP contribution >= 0.6 is 11.6 Å².